The lowest BCUT2D eigenvalue weighted by Gasteiger charge is -2.36. The van der Waals surface area contributed by atoms with Crippen LogP contribution in [0.15, 0.2) is 71.6 Å². The Balaban J connectivity index is 1.33. The van der Waals surface area contributed by atoms with Crippen molar-refractivity contribution in [3.8, 4) is 11.5 Å². The molecule has 10 heteroatoms. The van der Waals surface area contributed by atoms with Gasteiger partial charge < -0.3 is 19.5 Å². The van der Waals surface area contributed by atoms with Crippen LogP contribution in [0.1, 0.15) is 37.5 Å². The van der Waals surface area contributed by atoms with Crippen molar-refractivity contribution in [3.63, 3.8) is 0 Å². The lowest BCUT2D eigenvalue weighted by molar-refractivity contribution is -0.127. The van der Waals surface area contributed by atoms with E-state index in [1.165, 1.54) is 29.1 Å². The molecular weight excluding hydrogens is 554 g/mol. The molecule has 0 aliphatic carbocycles. The molecule has 1 atom stereocenters. The number of anilines is 1. The Labute approximate surface area is 248 Å². The zero-order valence-corrected chi connectivity index (χ0v) is 25.4. The molecule has 224 valence electrons. The second-order valence-corrected chi connectivity index (χ2v) is 13.5. The zero-order valence-electron chi connectivity index (χ0n) is 24.6. The molecule has 0 radical (unpaired) electrons. The lowest BCUT2D eigenvalue weighted by atomic mass is 9.86. The molecule has 9 nitrogen and oxygen atoms in total. The molecule has 5 rings (SSSR count). The molecule has 0 unspecified atom stereocenters. The van der Waals surface area contributed by atoms with Crippen LogP contribution in [-0.2, 0) is 38.1 Å². The third kappa shape index (κ3) is 6.72. The van der Waals surface area contributed by atoms with Crippen LogP contribution in [-0.4, -0.2) is 65.3 Å². The van der Waals surface area contributed by atoms with Gasteiger partial charge in [-0.2, -0.15) is 0 Å². The summed E-state index contributed by atoms with van der Waals surface area (Å²) in [5.74, 6) is 0.518. The number of amides is 1. The Bertz CT molecular complexity index is 1490. The van der Waals surface area contributed by atoms with Crippen LogP contribution in [0.25, 0.3) is 0 Å². The smallest absolute Gasteiger partial charge is 0.264 e. The van der Waals surface area contributed by atoms with Gasteiger partial charge in [-0.15, -0.1) is 0 Å². The molecule has 2 heterocycles. The van der Waals surface area contributed by atoms with Crippen LogP contribution < -0.4 is 19.1 Å². The SMILES string of the molecule is COc1ccc(S(=O)(=O)N2C[C@@H](C(=O)NCc3ccc(CN4CCOCC4)cc3)Oc3ccc(C(C)(C)C)cc32)cc1. The average molecular weight is 594 g/mol. The van der Waals surface area contributed by atoms with Gasteiger partial charge in [0.15, 0.2) is 6.10 Å². The molecule has 0 saturated carbocycles. The van der Waals surface area contributed by atoms with Crippen LogP contribution >= 0.6 is 0 Å². The molecule has 3 aromatic rings. The Morgan fingerprint density at radius 2 is 1.64 bits per heavy atom. The zero-order chi connectivity index (χ0) is 29.9. The van der Waals surface area contributed by atoms with E-state index in [0.717, 1.165) is 44.0 Å². The Kier molecular flexibility index (Phi) is 8.77. The topological polar surface area (TPSA) is 97.4 Å². The summed E-state index contributed by atoms with van der Waals surface area (Å²) in [7, 11) is -2.48. The molecule has 2 aliphatic rings. The lowest BCUT2D eigenvalue weighted by Crippen LogP contribution is -2.50. The molecule has 2 aliphatic heterocycles. The quantitative estimate of drug-likeness (QED) is 0.420. The summed E-state index contributed by atoms with van der Waals surface area (Å²) in [4.78, 5) is 15.8. The van der Waals surface area contributed by atoms with E-state index in [1.54, 1.807) is 18.2 Å². The summed E-state index contributed by atoms with van der Waals surface area (Å²) in [5.41, 5.74) is 3.31. The highest BCUT2D eigenvalue weighted by molar-refractivity contribution is 7.92. The van der Waals surface area contributed by atoms with Gasteiger partial charge in [0.1, 0.15) is 11.5 Å². The number of nitrogens with one attached hydrogen (secondary N) is 1. The Hall–Kier alpha value is -3.60. The van der Waals surface area contributed by atoms with E-state index in [2.05, 4.69) is 43.1 Å². The highest BCUT2D eigenvalue weighted by Gasteiger charge is 2.38. The standard InChI is InChI=1S/C32H39N3O6S/c1-32(2,3)25-9-14-29-28(19-25)35(42(37,38)27-12-10-26(39-4)11-13-27)22-30(41-29)31(36)33-20-23-5-7-24(8-6-23)21-34-15-17-40-18-16-34/h5-14,19,30H,15-18,20-22H2,1-4H3,(H,33,36)/t30-/m0/s1. The molecule has 42 heavy (non-hydrogen) atoms. The number of carbonyl (C=O) groups is 1. The molecule has 1 saturated heterocycles. The van der Waals surface area contributed by atoms with Crippen LogP contribution in [0.2, 0.25) is 0 Å². The van der Waals surface area contributed by atoms with E-state index < -0.39 is 16.1 Å². The number of carbonyl (C=O) groups excluding carboxylic acids is 1. The Morgan fingerprint density at radius 1 is 0.976 bits per heavy atom. The van der Waals surface area contributed by atoms with Crippen LogP contribution in [0.3, 0.4) is 0 Å². The van der Waals surface area contributed by atoms with Crippen LogP contribution in [0.4, 0.5) is 5.69 Å². The summed E-state index contributed by atoms with van der Waals surface area (Å²) < 4.78 is 45.8. The molecule has 1 fully saturated rings. The van der Waals surface area contributed by atoms with E-state index in [-0.39, 0.29) is 22.8 Å². The fourth-order valence-corrected chi connectivity index (χ4v) is 6.51. The number of fused-ring (bicyclic) bond motifs is 1. The van der Waals surface area contributed by atoms with Gasteiger partial charge in [0, 0.05) is 26.2 Å². The molecule has 0 bridgehead atoms. The van der Waals surface area contributed by atoms with Crippen molar-refractivity contribution < 1.29 is 27.4 Å². The number of sulfonamides is 1. The number of hydrogen-bond donors (Lipinski definition) is 1. The number of benzene rings is 3. The predicted molar refractivity (Wildman–Crippen MR) is 161 cm³/mol. The summed E-state index contributed by atoms with van der Waals surface area (Å²) in [6.45, 7) is 10.6. The minimum Gasteiger partial charge on any atom is -0.497 e. The third-order valence-electron chi connectivity index (χ3n) is 7.63. The maximum absolute atomic E-state index is 13.9. The monoisotopic (exact) mass is 593 g/mol. The van der Waals surface area contributed by atoms with Crippen molar-refractivity contribution >= 4 is 21.6 Å². The van der Waals surface area contributed by atoms with Crippen molar-refractivity contribution in [2.24, 2.45) is 0 Å². The molecule has 0 aromatic heterocycles. The highest BCUT2D eigenvalue weighted by Crippen LogP contribution is 2.40. The van der Waals surface area contributed by atoms with Gasteiger partial charge in [0.05, 0.1) is 37.5 Å². The second kappa shape index (κ2) is 12.3. The van der Waals surface area contributed by atoms with E-state index >= 15 is 0 Å². The van der Waals surface area contributed by atoms with Crippen molar-refractivity contribution in [3.05, 3.63) is 83.4 Å². The van der Waals surface area contributed by atoms with Crippen LogP contribution in [0.5, 0.6) is 11.5 Å². The fraction of sp³-hybridized carbons (Fsp3) is 0.406. The first-order valence-corrected chi connectivity index (χ1v) is 15.6. The maximum Gasteiger partial charge on any atom is 0.264 e. The number of morpholine rings is 1. The van der Waals surface area contributed by atoms with Crippen molar-refractivity contribution in [1.82, 2.24) is 10.2 Å². The van der Waals surface area contributed by atoms with Crippen LogP contribution in [0, 0.1) is 0 Å². The Morgan fingerprint density at radius 3 is 2.29 bits per heavy atom. The van der Waals surface area contributed by atoms with E-state index in [1.807, 2.05) is 24.3 Å². The predicted octanol–water partition coefficient (Wildman–Crippen LogP) is 4.10. The molecule has 3 aromatic carbocycles. The van der Waals surface area contributed by atoms with E-state index in [4.69, 9.17) is 14.2 Å². The molecular formula is C32H39N3O6S. The second-order valence-electron chi connectivity index (χ2n) is 11.7. The van der Waals surface area contributed by atoms with Gasteiger partial charge in [-0.3, -0.25) is 14.0 Å². The summed E-state index contributed by atoms with van der Waals surface area (Å²) in [5, 5.41) is 2.93. The fourth-order valence-electron chi connectivity index (χ4n) is 5.04. The molecule has 1 amide bonds. The van der Waals surface area contributed by atoms with E-state index in [9.17, 15) is 13.2 Å². The molecule has 0 spiro atoms. The third-order valence-corrected chi connectivity index (χ3v) is 9.43. The maximum atomic E-state index is 13.9. The van der Waals surface area contributed by atoms with Gasteiger partial charge in [0.2, 0.25) is 0 Å². The number of nitrogens with zero attached hydrogens (tertiary/aromatic N) is 2. The summed E-state index contributed by atoms with van der Waals surface area (Å²) >= 11 is 0. The van der Waals surface area contributed by atoms with Crippen molar-refractivity contribution in [1.29, 1.82) is 0 Å². The van der Waals surface area contributed by atoms with Crippen molar-refractivity contribution in [2.75, 3.05) is 44.3 Å². The average Bonchev–Trinajstić information content (AvgIpc) is 2.99. The highest BCUT2D eigenvalue weighted by atomic mass is 32.2. The number of rotatable bonds is 8. The molecule has 1 N–H and O–H groups in total. The summed E-state index contributed by atoms with van der Waals surface area (Å²) in [6.07, 6.45) is -1.02. The first kappa shape index (κ1) is 29.9. The summed E-state index contributed by atoms with van der Waals surface area (Å²) in [6, 6.07) is 19.9. The van der Waals surface area contributed by atoms with Gasteiger partial charge in [-0.1, -0.05) is 51.1 Å². The minimum absolute atomic E-state index is 0.105. The van der Waals surface area contributed by atoms with Crippen molar-refractivity contribution in [2.45, 2.75) is 50.3 Å². The normalized spacial score (nSPS) is 17.7. The first-order chi connectivity index (χ1) is 20.0. The number of methoxy groups -OCH3 is 1. The van der Waals surface area contributed by atoms with Gasteiger partial charge in [-0.05, 0) is 58.5 Å². The van der Waals surface area contributed by atoms with Gasteiger partial charge in [-0.25, -0.2) is 8.42 Å². The van der Waals surface area contributed by atoms with E-state index in [0.29, 0.717) is 23.7 Å². The van der Waals surface area contributed by atoms with Gasteiger partial charge >= 0.3 is 0 Å². The minimum atomic E-state index is -4.01. The van der Waals surface area contributed by atoms with Gasteiger partial charge in [0.25, 0.3) is 15.9 Å². The number of hydrogen-bond acceptors (Lipinski definition) is 7. The largest absolute Gasteiger partial charge is 0.497 e. The first-order valence-electron chi connectivity index (χ1n) is 14.2. The number of ether oxygens (including phenoxy) is 3.